The number of unbranched alkanes of at least 4 members (excludes halogenated alkanes) is 30. The number of anilines is 1. The quantitative estimate of drug-likeness (QED) is 0.0317. The summed E-state index contributed by atoms with van der Waals surface area (Å²) in [6.45, 7) is 16.5. The second-order valence-electron chi connectivity index (χ2n) is 22.0. The van der Waals surface area contributed by atoms with Crippen molar-refractivity contribution >= 4 is 27.9 Å². The summed E-state index contributed by atoms with van der Waals surface area (Å²) in [7, 11) is 0. The molecule has 2 heteroatoms. The molecule has 2 heterocycles. The summed E-state index contributed by atoms with van der Waals surface area (Å²) < 4.78 is 2.67. The predicted octanol–water partition coefficient (Wildman–Crippen LogP) is 20.5. The lowest BCUT2D eigenvalue weighted by atomic mass is 9.79. The summed E-state index contributed by atoms with van der Waals surface area (Å²) in [4.78, 5) is 2.64. The molecule has 2 aliphatic heterocycles. The Morgan fingerprint density at radius 2 is 0.910 bits per heavy atom. The molecule has 0 radical (unpaired) electrons. The van der Waals surface area contributed by atoms with Gasteiger partial charge in [-0.2, -0.15) is 4.58 Å². The molecule has 0 aromatic heterocycles. The molecule has 0 unspecified atom stereocenters. The molecule has 2 nitrogen and oxygen atoms in total. The van der Waals surface area contributed by atoms with Crippen LogP contribution in [0.1, 0.15) is 258 Å². The maximum Gasteiger partial charge on any atom is 0.210 e. The normalized spacial score (nSPS) is 15.9. The first-order chi connectivity index (χ1) is 32.8. The van der Waals surface area contributed by atoms with Crippen molar-refractivity contribution in [1.29, 1.82) is 0 Å². The second-order valence-corrected chi connectivity index (χ2v) is 22.0. The maximum absolute atomic E-state index is 2.67. The molecule has 0 fully saturated rings. The average Bonchev–Trinajstić information content (AvgIpc) is 3.68. The summed E-state index contributed by atoms with van der Waals surface area (Å²) in [5.41, 5.74) is 8.51. The standard InChI is InChI=1S/C65H101N2/c1-7-9-11-13-15-17-19-21-22-23-24-25-26-27-28-30-31-33-35-44-54-66-59-49-43-42-48-58(59)64(3,4)61(66)50-38-37-39-51-62-65(5,6)63-57-47-41-40-46-56(57)52-53-60(63)67(62)55-45-36-34-32-29-20-18-16-14-12-10-8-2/h37-43,46-53H,7-36,44-45,54-55H2,1-6H3/q+1. The molecular formula is C65H101N2+. The Labute approximate surface area is 414 Å². The van der Waals surface area contributed by atoms with Crippen LogP contribution in [0.15, 0.2) is 96.7 Å². The molecule has 2 aliphatic rings. The fraction of sp³-hybridized carbons (Fsp3) is 0.646. The molecule has 0 bridgehead atoms. The molecule has 0 saturated heterocycles. The summed E-state index contributed by atoms with van der Waals surface area (Å²) in [6.07, 6.45) is 56.8. The van der Waals surface area contributed by atoms with Crippen LogP contribution >= 0.6 is 0 Å². The molecule has 0 spiro atoms. The molecule has 67 heavy (non-hydrogen) atoms. The van der Waals surface area contributed by atoms with Crippen LogP contribution in [0.4, 0.5) is 11.4 Å². The number of benzene rings is 3. The Morgan fingerprint density at radius 1 is 0.448 bits per heavy atom. The highest BCUT2D eigenvalue weighted by molar-refractivity contribution is 6.07. The molecule has 370 valence electrons. The summed E-state index contributed by atoms with van der Waals surface area (Å²) >= 11 is 0. The SMILES string of the molecule is CCCCCCCCCCCCCCCCCCCCCCN1\C(=C/C=C/C=C/C2=[N+](CCCCCCCCCCCCCC)c3ccc4ccccc4c3C2(C)C)C(C)(C)c2ccccc21. The van der Waals surface area contributed by atoms with E-state index < -0.39 is 0 Å². The molecular weight excluding hydrogens is 809 g/mol. The second kappa shape index (κ2) is 31.0. The largest absolute Gasteiger partial charge is 0.344 e. The van der Waals surface area contributed by atoms with Crippen molar-refractivity contribution in [2.75, 3.05) is 18.0 Å². The van der Waals surface area contributed by atoms with E-state index in [0.717, 1.165) is 13.1 Å². The average molecular weight is 911 g/mol. The zero-order valence-corrected chi connectivity index (χ0v) is 44.6. The Morgan fingerprint density at radius 3 is 1.45 bits per heavy atom. The number of allylic oxidation sites excluding steroid dienone is 6. The van der Waals surface area contributed by atoms with Crippen LogP contribution in [0.3, 0.4) is 0 Å². The fourth-order valence-corrected chi connectivity index (χ4v) is 11.7. The number of fused-ring (bicyclic) bond motifs is 4. The summed E-state index contributed by atoms with van der Waals surface area (Å²) in [5, 5.41) is 2.74. The lowest BCUT2D eigenvalue weighted by Gasteiger charge is -2.27. The Kier molecular flexibility index (Phi) is 25.2. The van der Waals surface area contributed by atoms with E-state index in [9.17, 15) is 0 Å². The highest BCUT2D eigenvalue weighted by atomic mass is 15.2. The van der Waals surface area contributed by atoms with Crippen LogP contribution in [-0.4, -0.2) is 23.4 Å². The van der Waals surface area contributed by atoms with Crippen molar-refractivity contribution in [3.8, 4) is 0 Å². The Bertz CT molecular complexity index is 1950. The van der Waals surface area contributed by atoms with E-state index in [1.807, 2.05) is 0 Å². The zero-order chi connectivity index (χ0) is 47.4. The van der Waals surface area contributed by atoms with Crippen molar-refractivity contribution < 1.29 is 4.58 Å². The van der Waals surface area contributed by atoms with E-state index in [1.165, 1.54) is 250 Å². The van der Waals surface area contributed by atoms with E-state index in [2.05, 4.69) is 142 Å². The van der Waals surface area contributed by atoms with E-state index in [-0.39, 0.29) is 10.8 Å². The minimum Gasteiger partial charge on any atom is -0.344 e. The minimum absolute atomic E-state index is 0.0197. The molecule has 0 saturated carbocycles. The van der Waals surface area contributed by atoms with Gasteiger partial charge in [0.15, 0.2) is 5.71 Å². The van der Waals surface area contributed by atoms with Crippen molar-refractivity contribution in [2.45, 2.75) is 258 Å². The number of hydrogen-bond donors (Lipinski definition) is 0. The van der Waals surface area contributed by atoms with Crippen molar-refractivity contribution in [2.24, 2.45) is 0 Å². The van der Waals surface area contributed by atoms with Gasteiger partial charge >= 0.3 is 0 Å². The van der Waals surface area contributed by atoms with E-state index in [1.54, 1.807) is 0 Å². The van der Waals surface area contributed by atoms with Gasteiger partial charge in [-0.05, 0) is 61.2 Å². The number of hydrogen-bond acceptors (Lipinski definition) is 1. The number of para-hydroxylation sites is 1. The molecule has 0 aliphatic carbocycles. The monoisotopic (exact) mass is 910 g/mol. The minimum atomic E-state index is -0.0754. The van der Waals surface area contributed by atoms with Crippen LogP contribution in [-0.2, 0) is 10.8 Å². The van der Waals surface area contributed by atoms with Crippen molar-refractivity contribution in [3.05, 3.63) is 108 Å². The molecule has 3 aromatic carbocycles. The fourth-order valence-electron chi connectivity index (χ4n) is 11.7. The summed E-state index contributed by atoms with van der Waals surface area (Å²) in [6, 6.07) is 22.9. The van der Waals surface area contributed by atoms with Crippen LogP contribution < -0.4 is 4.90 Å². The predicted molar refractivity (Wildman–Crippen MR) is 299 cm³/mol. The maximum atomic E-state index is 2.67. The highest BCUT2D eigenvalue weighted by Crippen LogP contribution is 2.48. The lowest BCUT2D eigenvalue weighted by Crippen LogP contribution is -2.28. The van der Waals surface area contributed by atoms with Gasteiger partial charge in [0.2, 0.25) is 5.69 Å². The van der Waals surface area contributed by atoms with Gasteiger partial charge in [0.25, 0.3) is 0 Å². The van der Waals surface area contributed by atoms with Gasteiger partial charge in [-0.3, -0.25) is 0 Å². The third-order valence-electron chi connectivity index (χ3n) is 15.8. The first-order valence-electron chi connectivity index (χ1n) is 28.9. The van der Waals surface area contributed by atoms with Gasteiger partial charge < -0.3 is 4.90 Å². The first kappa shape index (κ1) is 54.5. The molecule has 0 N–H and O–H groups in total. The zero-order valence-electron chi connectivity index (χ0n) is 44.6. The first-order valence-corrected chi connectivity index (χ1v) is 28.9. The van der Waals surface area contributed by atoms with Crippen LogP contribution in [0.2, 0.25) is 0 Å². The Balaban J connectivity index is 1.09. The third kappa shape index (κ3) is 17.2. The van der Waals surface area contributed by atoms with Crippen molar-refractivity contribution in [1.82, 2.24) is 0 Å². The molecule has 3 aromatic rings. The smallest absolute Gasteiger partial charge is 0.210 e. The van der Waals surface area contributed by atoms with Gasteiger partial charge in [0.1, 0.15) is 6.54 Å². The topological polar surface area (TPSA) is 6.25 Å². The van der Waals surface area contributed by atoms with Gasteiger partial charge in [-0.1, -0.05) is 275 Å². The third-order valence-corrected chi connectivity index (χ3v) is 15.8. The van der Waals surface area contributed by atoms with Gasteiger partial charge in [-0.15, -0.1) is 0 Å². The van der Waals surface area contributed by atoms with Crippen LogP contribution in [0.5, 0.6) is 0 Å². The van der Waals surface area contributed by atoms with E-state index in [4.69, 9.17) is 0 Å². The van der Waals surface area contributed by atoms with Crippen molar-refractivity contribution in [3.63, 3.8) is 0 Å². The van der Waals surface area contributed by atoms with Crippen LogP contribution in [0.25, 0.3) is 10.8 Å². The highest BCUT2D eigenvalue weighted by Gasteiger charge is 2.45. The lowest BCUT2D eigenvalue weighted by molar-refractivity contribution is -0.438. The van der Waals surface area contributed by atoms with Crippen LogP contribution in [0, 0.1) is 0 Å². The molecule has 0 atom stereocenters. The van der Waals surface area contributed by atoms with Gasteiger partial charge in [0.05, 0.1) is 5.41 Å². The van der Waals surface area contributed by atoms with Gasteiger partial charge in [0, 0.05) is 47.5 Å². The number of rotatable bonds is 37. The summed E-state index contributed by atoms with van der Waals surface area (Å²) in [5.74, 6) is 0. The van der Waals surface area contributed by atoms with E-state index >= 15 is 0 Å². The molecule has 0 amide bonds. The van der Waals surface area contributed by atoms with E-state index in [0.29, 0.717) is 0 Å². The molecule has 5 rings (SSSR count). The number of nitrogens with zero attached hydrogens (tertiary/aromatic N) is 2. The van der Waals surface area contributed by atoms with Gasteiger partial charge in [-0.25, -0.2) is 0 Å². The Hall–Kier alpha value is -3.39.